The minimum atomic E-state index is -3.91. The third-order valence-corrected chi connectivity index (χ3v) is 5.08. The maximum absolute atomic E-state index is 12.3. The molecule has 0 amide bonds. The summed E-state index contributed by atoms with van der Waals surface area (Å²) in [4.78, 5) is -0.0350. The van der Waals surface area contributed by atoms with E-state index in [9.17, 15) is 13.5 Å². The molecule has 0 saturated heterocycles. The number of phenolic OH excluding ortho intramolecular Hbond substituents is 1. The van der Waals surface area contributed by atoms with E-state index in [0.29, 0.717) is 17.0 Å². The van der Waals surface area contributed by atoms with E-state index in [-0.39, 0.29) is 10.6 Å². The molecule has 2 N–H and O–H groups in total. The fourth-order valence-electron chi connectivity index (χ4n) is 2.34. The van der Waals surface area contributed by atoms with E-state index in [4.69, 9.17) is 4.74 Å². The molecule has 0 heterocycles. The first kappa shape index (κ1) is 18.5. The van der Waals surface area contributed by atoms with Gasteiger partial charge in [0.05, 0.1) is 4.90 Å². The molecule has 7 heteroatoms. The van der Waals surface area contributed by atoms with Crippen LogP contribution in [0.15, 0.2) is 82.1 Å². The van der Waals surface area contributed by atoms with E-state index in [1.807, 2.05) is 30.3 Å². The van der Waals surface area contributed by atoms with Crippen molar-refractivity contribution in [2.24, 2.45) is 4.40 Å². The summed E-state index contributed by atoms with van der Waals surface area (Å²) in [5, 5.41) is 12.3. The van der Waals surface area contributed by atoms with Crippen LogP contribution in [0.5, 0.6) is 17.2 Å². The number of hydrogen-bond donors (Lipinski definition) is 2. The molecule has 0 aliphatic rings. The Morgan fingerprint density at radius 2 is 1.63 bits per heavy atom. The molecule has 0 aliphatic heterocycles. The number of anilines is 1. The number of hydrogen-bond acceptors (Lipinski definition) is 4. The highest BCUT2D eigenvalue weighted by atomic mass is 32.2. The second kappa shape index (κ2) is 7.92. The van der Waals surface area contributed by atoms with Gasteiger partial charge in [0.1, 0.15) is 23.6 Å². The fourth-order valence-corrected chi connectivity index (χ4v) is 3.39. The molecule has 0 aromatic heterocycles. The van der Waals surface area contributed by atoms with Crippen LogP contribution in [0.3, 0.4) is 0 Å². The zero-order chi connectivity index (χ0) is 19.3. The normalized spacial score (nSPS) is 11.4. The standard InChI is InChI=1S/C20H18N2O4S/c1-15-7-10-17(23)13-20(15)27(24,25)22-14-21-16-8-11-19(12-9-16)26-18-5-3-2-4-6-18/h2-14,23H,1H3,(H,21,22). The summed E-state index contributed by atoms with van der Waals surface area (Å²) < 4.78 is 33.9. The van der Waals surface area contributed by atoms with Gasteiger partial charge in [-0.2, -0.15) is 8.42 Å². The van der Waals surface area contributed by atoms with Gasteiger partial charge >= 0.3 is 0 Å². The largest absolute Gasteiger partial charge is 0.508 e. The maximum atomic E-state index is 12.3. The third kappa shape index (κ3) is 4.86. The number of sulfonamides is 1. The average Bonchev–Trinajstić information content (AvgIpc) is 2.66. The molecule has 27 heavy (non-hydrogen) atoms. The molecular weight excluding hydrogens is 364 g/mol. The van der Waals surface area contributed by atoms with Crippen LogP contribution < -0.4 is 10.1 Å². The zero-order valence-electron chi connectivity index (χ0n) is 14.5. The molecule has 0 spiro atoms. The molecule has 138 valence electrons. The number of rotatable bonds is 6. The van der Waals surface area contributed by atoms with Crippen molar-refractivity contribution in [1.29, 1.82) is 0 Å². The summed E-state index contributed by atoms with van der Waals surface area (Å²) in [6.07, 6.45) is 1.10. The second-order valence-corrected chi connectivity index (χ2v) is 7.34. The van der Waals surface area contributed by atoms with Crippen molar-refractivity contribution in [3.05, 3.63) is 78.4 Å². The zero-order valence-corrected chi connectivity index (χ0v) is 15.3. The number of benzene rings is 3. The van der Waals surface area contributed by atoms with Gasteiger partial charge in [0.15, 0.2) is 0 Å². The van der Waals surface area contributed by atoms with E-state index in [0.717, 1.165) is 12.1 Å². The molecule has 0 saturated carbocycles. The van der Waals surface area contributed by atoms with Crippen LogP contribution >= 0.6 is 0 Å². The summed E-state index contributed by atoms with van der Waals surface area (Å²) in [5.74, 6) is 1.26. The van der Waals surface area contributed by atoms with Crippen molar-refractivity contribution >= 4 is 22.0 Å². The highest BCUT2D eigenvalue weighted by Crippen LogP contribution is 2.23. The molecule has 0 atom stereocenters. The first-order chi connectivity index (χ1) is 12.9. The molecule has 0 aliphatic carbocycles. The smallest absolute Gasteiger partial charge is 0.284 e. The van der Waals surface area contributed by atoms with E-state index >= 15 is 0 Å². The van der Waals surface area contributed by atoms with Gasteiger partial charge in [0, 0.05) is 11.8 Å². The van der Waals surface area contributed by atoms with Crippen LogP contribution in [-0.2, 0) is 10.0 Å². The second-order valence-electron chi connectivity index (χ2n) is 5.74. The third-order valence-electron chi connectivity index (χ3n) is 3.71. The molecule has 3 rings (SSSR count). The number of nitrogens with one attached hydrogen (secondary N) is 1. The van der Waals surface area contributed by atoms with Gasteiger partial charge in [0.2, 0.25) is 0 Å². The summed E-state index contributed by atoms with van der Waals surface area (Å²) in [5.41, 5.74) is 1.16. The molecule has 3 aromatic rings. The van der Waals surface area contributed by atoms with Crippen molar-refractivity contribution < 1.29 is 18.3 Å². The van der Waals surface area contributed by atoms with Crippen LogP contribution in [0.4, 0.5) is 5.69 Å². The first-order valence-electron chi connectivity index (χ1n) is 8.12. The van der Waals surface area contributed by atoms with Crippen LogP contribution in [0.1, 0.15) is 5.56 Å². The number of para-hydroxylation sites is 1. The Balaban J connectivity index is 1.66. The first-order valence-corrected chi connectivity index (χ1v) is 9.56. The molecule has 0 radical (unpaired) electrons. The Morgan fingerprint density at radius 3 is 2.33 bits per heavy atom. The molecule has 0 unspecified atom stereocenters. The van der Waals surface area contributed by atoms with Crippen LogP contribution in [0.2, 0.25) is 0 Å². The lowest BCUT2D eigenvalue weighted by Crippen LogP contribution is -2.03. The molecule has 6 nitrogen and oxygen atoms in total. The van der Waals surface area contributed by atoms with E-state index in [2.05, 4.69) is 9.71 Å². The summed E-state index contributed by atoms with van der Waals surface area (Å²) in [7, 11) is -3.91. The average molecular weight is 382 g/mol. The van der Waals surface area contributed by atoms with Crippen molar-refractivity contribution in [1.82, 2.24) is 0 Å². The lowest BCUT2D eigenvalue weighted by atomic mass is 10.2. The number of aryl methyl sites for hydroxylation is 1. The van der Waals surface area contributed by atoms with Gasteiger partial charge in [-0.15, -0.1) is 4.40 Å². The maximum Gasteiger partial charge on any atom is 0.284 e. The van der Waals surface area contributed by atoms with Crippen LogP contribution in [0.25, 0.3) is 0 Å². The summed E-state index contributed by atoms with van der Waals surface area (Å²) in [6, 6.07) is 20.5. The van der Waals surface area contributed by atoms with Crippen molar-refractivity contribution in [3.8, 4) is 17.2 Å². The van der Waals surface area contributed by atoms with Crippen LogP contribution in [-0.4, -0.2) is 19.9 Å². The SMILES string of the molecule is Cc1ccc(O)cc1S(=O)(=O)N=CNc1ccc(Oc2ccccc2)cc1. The Bertz CT molecular complexity index is 1050. The topological polar surface area (TPSA) is 88.0 Å². The monoisotopic (exact) mass is 382 g/mol. The predicted molar refractivity (Wildman–Crippen MR) is 105 cm³/mol. The number of aromatic hydroxyl groups is 1. The van der Waals surface area contributed by atoms with Gasteiger partial charge in [-0.25, -0.2) is 0 Å². The molecular formula is C20H18N2O4S. The lowest BCUT2D eigenvalue weighted by Gasteiger charge is -2.07. The Labute approximate surface area is 157 Å². The van der Waals surface area contributed by atoms with Gasteiger partial charge in [-0.3, -0.25) is 0 Å². The molecule has 0 bridgehead atoms. The lowest BCUT2D eigenvalue weighted by molar-refractivity contribution is 0.473. The molecule has 3 aromatic carbocycles. The predicted octanol–water partition coefficient (Wildman–Crippen LogP) is 4.32. The van der Waals surface area contributed by atoms with E-state index in [1.54, 1.807) is 31.2 Å². The van der Waals surface area contributed by atoms with Gasteiger partial charge in [0.25, 0.3) is 10.0 Å². The molecule has 0 fully saturated rings. The van der Waals surface area contributed by atoms with Gasteiger partial charge in [-0.1, -0.05) is 24.3 Å². The minimum absolute atomic E-state index is 0.0350. The Hall–Kier alpha value is -3.32. The summed E-state index contributed by atoms with van der Waals surface area (Å²) >= 11 is 0. The minimum Gasteiger partial charge on any atom is -0.508 e. The van der Waals surface area contributed by atoms with Gasteiger partial charge in [-0.05, 0) is 55.0 Å². The fraction of sp³-hybridized carbons (Fsp3) is 0.0500. The Morgan fingerprint density at radius 1 is 0.963 bits per heavy atom. The van der Waals surface area contributed by atoms with E-state index in [1.165, 1.54) is 18.2 Å². The van der Waals surface area contributed by atoms with Crippen molar-refractivity contribution in [3.63, 3.8) is 0 Å². The number of phenols is 1. The van der Waals surface area contributed by atoms with Crippen LogP contribution in [0, 0.1) is 6.92 Å². The highest BCUT2D eigenvalue weighted by Gasteiger charge is 2.15. The van der Waals surface area contributed by atoms with Crippen molar-refractivity contribution in [2.45, 2.75) is 11.8 Å². The highest BCUT2D eigenvalue weighted by molar-refractivity contribution is 7.90. The number of ether oxygens (including phenoxy) is 1. The Kier molecular flexibility index (Phi) is 5.42. The van der Waals surface area contributed by atoms with Crippen molar-refractivity contribution in [2.75, 3.05) is 5.32 Å². The summed E-state index contributed by atoms with van der Waals surface area (Å²) in [6.45, 7) is 1.64. The quantitative estimate of drug-likeness (QED) is 0.490. The van der Waals surface area contributed by atoms with Gasteiger partial charge < -0.3 is 15.2 Å². The number of nitrogens with zero attached hydrogens (tertiary/aromatic N) is 1. The van der Waals surface area contributed by atoms with E-state index < -0.39 is 10.0 Å².